The van der Waals surface area contributed by atoms with Crippen LogP contribution in [0.5, 0.6) is 5.75 Å². The smallest absolute Gasteiger partial charge is 0.191 e. The molecule has 1 fully saturated rings. The lowest BCUT2D eigenvalue weighted by Gasteiger charge is -2.38. The third-order valence-electron chi connectivity index (χ3n) is 4.50. The molecule has 0 bridgehead atoms. The van der Waals surface area contributed by atoms with Crippen molar-refractivity contribution in [2.24, 2.45) is 4.99 Å². The van der Waals surface area contributed by atoms with Gasteiger partial charge in [0.25, 0.3) is 0 Å². The zero-order valence-corrected chi connectivity index (χ0v) is 18.9. The van der Waals surface area contributed by atoms with E-state index in [0.717, 1.165) is 26.3 Å². The molecular formula is C19H32FIN4O2. The summed E-state index contributed by atoms with van der Waals surface area (Å²) >= 11 is 0. The number of aliphatic imine (C=N–C) groups is 1. The molecule has 154 valence electrons. The number of benzene rings is 1. The van der Waals surface area contributed by atoms with Crippen molar-refractivity contribution in [3.8, 4) is 5.75 Å². The lowest BCUT2D eigenvalue weighted by molar-refractivity contribution is -0.0174. The van der Waals surface area contributed by atoms with Crippen LogP contribution in [0.2, 0.25) is 0 Å². The van der Waals surface area contributed by atoms with Crippen molar-refractivity contribution in [1.29, 1.82) is 0 Å². The highest BCUT2D eigenvalue weighted by atomic mass is 127. The van der Waals surface area contributed by atoms with E-state index in [-0.39, 0.29) is 41.6 Å². The maximum atomic E-state index is 13.6. The third-order valence-corrected chi connectivity index (χ3v) is 4.50. The molecule has 6 nitrogen and oxygen atoms in total. The summed E-state index contributed by atoms with van der Waals surface area (Å²) in [6.07, 6.45) is -0.192. The summed E-state index contributed by atoms with van der Waals surface area (Å²) in [7, 11) is 1.74. The first-order chi connectivity index (χ1) is 12.5. The first kappa shape index (κ1) is 23.9. The van der Waals surface area contributed by atoms with Crippen LogP contribution in [-0.2, 0) is 4.74 Å². The van der Waals surface area contributed by atoms with E-state index < -0.39 is 0 Å². The van der Waals surface area contributed by atoms with Crippen molar-refractivity contribution in [2.45, 2.75) is 39.0 Å². The number of nitrogens with one attached hydrogen (secondary N) is 2. The Labute approximate surface area is 178 Å². The fourth-order valence-electron chi connectivity index (χ4n) is 3.02. The van der Waals surface area contributed by atoms with Crippen LogP contribution in [0.4, 0.5) is 4.39 Å². The molecule has 0 saturated carbocycles. The number of ether oxygens (including phenoxy) is 2. The molecule has 0 aliphatic carbocycles. The van der Waals surface area contributed by atoms with Crippen molar-refractivity contribution in [3.63, 3.8) is 0 Å². The van der Waals surface area contributed by atoms with Crippen molar-refractivity contribution in [1.82, 2.24) is 15.5 Å². The molecule has 1 heterocycles. The summed E-state index contributed by atoms with van der Waals surface area (Å²) in [5.74, 6) is 0.622. The molecule has 1 saturated heterocycles. The normalized spacial score (nSPS) is 20.3. The summed E-state index contributed by atoms with van der Waals surface area (Å²) < 4.78 is 24.8. The Morgan fingerprint density at radius 2 is 2.04 bits per heavy atom. The highest BCUT2D eigenvalue weighted by Crippen LogP contribution is 2.16. The van der Waals surface area contributed by atoms with Crippen molar-refractivity contribution >= 4 is 29.9 Å². The van der Waals surface area contributed by atoms with E-state index in [0.29, 0.717) is 24.6 Å². The van der Waals surface area contributed by atoms with Gasteiger partial charge in [0.15, 0.2) is 17.5 Å². The standard InChI is InChI=1S/C19H31FN4O2.HI/c1-14(24-9-10-25-13-15(24)2)11-22-19(21-4)23-12-16(3)26-18-8-6-5-7-17(18)20;/h5-8,14-16H,9-13H2,1-4H3,(H2,21,22,23);1H. The van der Waals surface area contributed by atoms with Gasteiger partial charge in [-0.1, -0.05) is 12.1 Å². The second-order valence-electron chi connectivity index (χ2n) is 6.70. The van der Waals surface area contributed by atoms with Gasteiger partial charge in [0.2, 0.25) is 0 Å². The Balaban J connectivity index is 0.00000364. The van der Waals surface area contributed by atoms with E-state index in [1.807, 2.05) is 6.92 Å². The SMILES string of the molecule is CN=C(NCC(C)Oc1ccccc1F)NCC(C)N1CCOCC1C.I. The summed E-state index contributed by atoms with van der Waals surface area (Å²) in [5, 5.41) is 6.57. The van der Waals surface area contributed by atoms with Crippen molar-refractivity contribution in [3.05, 3.63) is 30.1 Å². The molecule has 0 spiro atoms. The molecule has 3 atom stereocenters. The van der Waals surface area contributed by atoms with Gasteiger partial charge < -0.3 is 20.1 Å². The Bertz CT molecular complexity index is 591. The molecule has 27 heavy (non-hydrogen) atoms. The van der Waals surface area contributed by atoms with E-state index in [1.165, 1.54) is 6.07 Å². The van der Waals surface area contributed by atoms with E-state index >= 15 is 0 Å². The molecule has 1 aromatic carbocycles. The molecular weight excluding hydrogens is 462 g/mol. The molecule has 1 aliphatic heterocycles. The fourth-order valence-corrected chi connectivity index (χ4v) is 3.02. The minimum absolute atomic E-state index is 0. The van der Waals surface area contributed by atoms with Crippen LogP contribution >= 0.6 is 24.0 Å². The van der Waals surface area contributed by atoms with Gasteiger partial charge in [-0.25, -0.2) is 4.39 Å². The molecule has 2 N–H and O–H groups in total. The van der Waals surface area contributed by atoms with E-state index in [2.05, 4.69) is 34.4 Å². The Morgan fingerprint density at radius 3 is 2.70 bits per heavy atom. The quantitative estimate of drug-likeness (QED) is 0.347. The number of hydrogen-bond acceptors (Lipinski definition) is 4. The molecule has 0 amide bonds. The molecule has 1 aliphatic rings. The van der Waals surface area contributed by atoms with Gasteiger partial charge in [-0.05, 0) is 32.9 Å². The lowest BCUT2D eigenvalue weighted by Crippen LogP contribution is -2.53. The zero-order valence-electron chi connectivity index (χ0n) is 16.6. The van der Waals surface area contributed by atoms with Crippen molar-refractivity contribution in [2.75, 3.05) is 39.9 Å². The van der Waals surface area contributed by atoms with Crippen LogP contribution in [0.25, 0.3) is 0 Å². The third kappa shape index (κ3) is 7.79. The van der Waals surface area contributed by atoms with Gasteiger partial charge >= 0.3 is 0 Å². The van der Waals surface area contributed by atoms with Gasteiger partial charge in [-0.3, -0.25) is 9.89 Å². The first-order valence-corrected chi connectivity index (χ1v) is 9.20. The number of hydrogen-bond donors (Lipinski definition) is 2. The predicted molar refractivity (Wildman–Crippen MR) is 118 cm³/mol. The van der Waals surface area contributed by atoms with Crippen LogP contribution in [-0.4, -0.2) is 68.9 Å². The number of rotatable bonds is 7. The van der Waals surface area contributed by atoms with Gasteiger partial charge in [-0.15, -0.1) is 24.0 Å². The molecule has 0 radical (unpaired) electrons. The van der Waals surface area contributed by atoms with Crippen LogP contribution in [0.1, 0.15) is 20.8 Å². The van der Waals surface area contributed by atoms with Gasteiger partial charge in [-0.2, -0.15) is 0 Å². The molecule has 2 rings (SSSR count). The minimum Gasteiger partial charge on any atom is -0.486 e. The number of morpholine rings is 1. The summed E-state index contributed by atoms with van der Waals surface area (Å²) in [6.45, 7) is 10.1. The fraction of sp³-hybridized carbons (Fsp3) is 0.632. The molecule has 3 unspecified atom stereocenters. The molecule has 1 aromatic rings. The zero-order chi connectivity index (χ0) is 18.9. The van der Waals surface area contributed by atoms with Gasteiger partial charge in [0.05, 0.1) is 19.8 Å². The number of para-hydroxylation sites is 1. The van der Waals surface area contributed by atoms with Crippen LogP contribution < -0.4 is 15.4 Å². The molecule has 8 heteroatoms. The Kier molecular flexibility index (Phi) is 10.9. The van der Waals surface area contributed by atoms with Crippen LogP contribution in [0, 0.1) is 5.82 Å². The van der Waals surface area contributed by atoms with Gasteiger partial charge in [0.1, 0.15) is 6.10 Å². The maximum absolute atomic E-state index is 13.6. The second kappa shape index (κ2) is 12.4. The van der Waals surface area contributed by atoms with Crippen molar-refractivity contribution < 1.29 is 13.9 Å². The number of guanidine groups is 1. The Hall–Kier alpha value is -1.13. The highest BCUT2D eigenvalue weighted by molar-refractivity contribution is 14.0. The summed E-state index contributed by atoms with van der Waals surface area (Å²) in [6, 6.07) is 7.22. The predicted octanol–water partition coefficient (Wildman–Crippen LogP) is 2.49. The summed E-state index contributed by atoms with van der Waals surface area (Å²) in [5.41, 5.74) is 0. The largest absolute Gasteiger partial charge is 0.486 e. The topological polar surface area (TPSA) is 58.1 Å². The Morgan fingerprint density at radius 1 is 1.33 bits per heavy atom. The average molecular weight is 494 g/mol. The monoisotopic (exact) mass is 494 g/mol. The van der Waals surface area contributed by atoms with Gasteiger partial charge in [0, 0.05) is 32.2 Å². The minimum atomic E-state index is -0.352. The van der Waals surface area contributed by atoms with E-state index in [9.17, 15) is 4.39 Å². The molecule has 0 aromatic heterocycles. The summed E-state index contributed by atoms with van der Waals surface area (Å²) in [4.78, 5) is 6.68. The second-order valence-corrected chi connectivity index (χ2v) is 6.70. The van der Waals surface area contributed by atoms with E-state index in [4.69, 9.17) is 9.47 Å². The maximum Gasteiger partial charge on any atom is 0.191 e. The van der Waals surface area contributed by atoms with Crippen LogP contribution in [0.3, 0.4) is 0 Å². The number of halogens is 2. The average Bonchev–Trinajstić information content (AvgIpc) is 2.64. The first-order valence-electron chi connectivity index (χ1n) is 9.20. The van der Waals surface area contributed by atoms with Crippen LogP contribution in [0.15, 0.2) is 29.3 Å². The van der Waals surface area contributed by atoms with E-state index in [1.54, 1.807) is 25.2 Å². The number of nitrogens with zero attached hydrogens (tertiary/aromatic N) is 2. The highest BCUT2D eigenvalue weighted by Gasteiger charge is 2.23. The lowest BCUT2D eigenvalue weighted by atomic mass is 10.2.